The summed E-state index contributed by atoms with van der Waals surface area (Å²) >= 11 is 0. The number of nitrogens with zero attached hydrogens (tertiary/aromatic N) is 1. The van der Waals surface area contributed by atoms with Gasteiger partial charge in [0.2, 0.25) is 0 Å². The van der Waals surface area contributed by atoms with E-state index in [1.54, 1.807) is 0 Å². The number of anilines is 3. The van der Waals surface area contributed by atoms with Crippen molar-refractivity contribution in [3.05, 3.63) is 198 Å². The summed E-state index contributed by atoms with van der Waals surface area (Å²) in [6.45, 7) is 0. The number of ether oxygens (including phenoxy) is 1. The van der Waals surface area contributed by atoms with Gasteiger partial charge in [0.25, 0.3) is 0 Å². The number of furan rings is 2. The molecule has 0 bridgehead atoms. The van der Waals surface area contributed by atoms with Crippen molar-refractivity contribution in [3.63, 3.8) is 0 Å². The van der Waals surface area contributed by atoms with E-state index in [0.717, 1.165) is 83.6 Å². The van der Waals surface area contributed by atoms with Gasteiger partial charge < -0.3 is 18.5 Å². The largest absolute Gasteiger partial charge is 0.457 e. The Kier molecular flexibility index (Phi) is 5.67. The minimum absolute atomic E-state index is 0.532. The third-order valence-corrected chi connectivity index (χ3v) is 11.3. The van der Waals surface area contributed by atoms with Crippen molar-refractivity contribution in [3.8, 4) is 22.6 Å². The minimum Gasteiger partial charge on any atom is -0.457 e. The molecule has 0 atom stereocenters. The topological polar surface area (TPSA) is 38.8 Å². The molecule has 0 radical (unpaired) electrons. The number of para-hydroxylation sites is 3. The Morgan fingerprint density at radius 1 is 0.377 bits per heavy atom. The molecular formula is C49H29NO3. The predicted molar refractivity (Wildman–Crippen MR) is 213 cm³/mol. The molecular weight excluding hydrogens is 651 g/mol. The van der Waals surface area contributed by atoms with Gasteiger partial charge in [-0.05, 0) is 76.9 Å². The van der Waals surface area contributed by atoms with Crippen LogP contribution in [0.15, 0.2) is 185 Å². The fraction of sp³-hybridized carbons (Fsp3) is 0.0204. The van der Waals surface area contributed by atoms with Crippen LogP contribution in [0.2, 0.25) is 0 Å². The standard InChI is InChI=1S/C49H29NO3/c1-5-16-37-32(12-1)33-13-2-6-17-38(33)49(37)39-18-7-10-22-45(39)53-47-29-31(24-26-40(47)49)50(30-25-27-44-36(28-30)34-14-3-8-20-42(34)51-44)41-19-11-23-46-48(41)35-15-4-9-21-43(35)52-46/h1-29H. The first-order valence-corrected chi connectivity index (χ1v) is 18.0. The van der Waals surface area contributed by atoms with Crippen LogP contribution in [0.1, 0.15) is 22.3 Å². The lowest BCUT2D eigenvalue weighted by Crippen LogP contribution is -2.32. The van der Waals surface area contributed by atoms with E-state index in [2.05, 4.69) is 157 Å². The average molecular weight is 680 g/mol. The van der Waals surface area contributed by atoms with Gasteiger partial charge in [0.15, 0.2) is 0 Å². The summed E-state index contributed by atoms with van der Waals surface area (Å²) in [4.78, 5) is 2.33. The Morgan fingerprint density at radius 3 is 1.75 bits per heavy atom. The van der Waals surface area contributed by atoms with E-state index in [-0.39, 0.29) is 0 Å². The van der Waals surface area contributed by atoms with Gasteiger partial charge in [0.1, 0.15) is 33.8 Å². The Morgan fingerprint density at radius 2 is 0.943 bits per heavy atom. The normalized spacial score (nSPS) is 13.6. The first-order valence-electron chi connectivity index (χ1n) is 18.0. The predicted octanol–water partition coefficient (Wildman–Crippen LogP) is 13.4. The molecule has 2 aliphatic rings. The molecule has 0 saturated carbocycles. The molecule has 3 heterocycles. The zero-order valence-corrected chi connectivity index (χ0v) is 28.4. The summed E-state index contributed by atoms with van der Waals surface area (Å²) in [6.07, 6.45) is 0. The van der Waals surface area contributed by atoms with Crippen LogP contribution < -0.4 is 9.64 Å². The highest BCUT2D eigenvalue weighted by molar-refractivity contribution is 6.14. The molecule has 1 spiro atoms. The Labute approximate surface area is 304 Å². The van der Waals surface area contributed by atoms with Crippen LogP contribution in [0.4, 0.5) is 17.1 Å². The number of benzene rings is 8. The van der Waals surface area contributed by atoms with Crippen LogP contribution in [0.3, 0.4) is 0 Å². The van der Waals surface area contributed by atoms with Crippen LogP contribution in [-0.2, 0) is 5.41 Å². The van der Waals surface area contributed by atoms with E-state index in [9.17, 15) is 0 Å². The quantitative estimate of drug-likeness (QED) is 0.186. The summed E-state index contributed by atoms with van der Waals surface area (Å²) in [6, 6.07) is 62.2. The summed E-state index contributed by atoms with van der Waals surface area (Å²) in [5.74, 6) is 1.70. The van der Waals surface area contributed by atoms with Crippen molar-refractivity contribution in [1.29, 1.82) is 0 Å². The van der Waals surface area contributed by atoms with E-state index in [1.807, 2.05) is 24.3 Å². The molecule has 0 N–H and O–H groups in total. The van der Waals surface area contributed by atoms with Crippen molar-refractivity contribution in [2.24, 2.45) is 0 Å². The molecule has 12 rings (SSSR count). The van der Waals surface area contributed by atoms with Crippen LogP contribution in [0.5, 0.6) is 11.5 Å². The maximum atomic E-state index is 6.95. The van der Waals surface area contributed by atoms with Gasteiger partial charge >= 0.3 is 0 Å². The summed E-state index contributed by atoms with van der Waals surface area (Å²) in [7, 11) is 0. The third-order valence-electron chi connectivity index (χ3n) is 11.3. The van der Waals surface area contributed by atoms with Crippen molar-refractivity contribution >= 4 is 60.9 Å². The zero-order valence-electron chi connectivity index (χ0n) is 28.4. The smallest absolute Gasteiger partial charge is 0.137 e. The lowest BCUT2D eigenvalue weighted by molar-refractivity contribution is 0.436. The molecule has 0 saturated heterocycles. The summed E-state index contributed by atoms with van der Waals surface area (Å²) in [5, 5.41) is 4.27. The van der Waals surface area contributed by atoms with Crippen molar-refractivity contribution < 1.29 is 13.6 Å². The molecule has 0 fully saturated rings. The van der Waals surface area contributed by atoms with Gasteiger partial charge in [-0.15, -0.1) is 0 Å². The van der Waals surface area contributed by atoms with Gasteiger partial charge in [-0.2, -0.15) is 0 Å². The van der Waals surface area contributed by atoms with Gasteiger partial charge in [0.05, 0.1) is 16.5 Å². The van der Waals surface area contributed by atoms with Gasteiger partial charge in [-0.25, -0.2) is 0 Å². The van der Waals surface area contributed by atoms with Crippen LogP contribution in [-0.4, -0.2) is 0 Å². The second-order valence-corrected chi connectivity index (χ2v) is 14.0. The van der Waals surface area contributed by atoms with Crippen LogP contribution in [0, 0.1) is 0 Å². The van der Waals surface area contributed by atoms with Gasteiger partial charge in [0, 0.05) is 44.7 Å². The molecule has 4 heteroatoms. The van der Waals surface area contributed by atoms with Crippen LogP contribution >= 0.6 is 0 Å². The number of rotatable bonds is 3. The average Bonchev–Trinajstić information content (AvgIpc) is 3.87. The van der Waals surface area contributed by atoms with Gasteiger partial charge in [-0.1, -0.05) is 115 Å². The van der Waals surface area contributed by atoms with Crippen molar-refractivity contribution in [1.82, 2.24) is 0 Å². The van der Waals surface area contributed by atoms with Gasteiger partial charge in [-0.3, -0.25) is 0 Å². The molecule has 4 nitrogen and oxygen atoms in total. The maximum Gasteiger partial charge on any atom is 0.137 e. The molecule has 0 unspecified atom stereocenters. The Bertz CT molecular complexity index is 3080. The molecule has 8 aromatic carbocycles. The lowest BCUT2D eigenvalue weighted by atomic mass is 9.66. The molecule has 53 heavy (non-hydrogen) atoms. The number of hydrogen-bond acceptors (Lipinski definition) is 4. The number of fused-ring (bicyclic) bond motifs is 15. The molecule has 2 aromatic heterocycles. The summed E-state index contributed by atoms with van der Waals surface area (Å²) < 4.78 is 19.7. The van der Waals surface area contributed by atoms with E-state index in [4.69, 9.17) is 13.6 Å². The SMILES string of the molecule is c1ccc2c(c1)Oc1cc(N(c3ccc4oc5ccccc5c4c3)c3cccc4oc5ccccc5c34)ccc1C21c2ccccc2-c2ccccc21. The molecule has 10 aromatic rings. The zero-order chi connectivity index (χ0) is 34.7. The maximum absolute atomic E-state index is 6.95. The van der Waals surface area contributed by atoms with E-state index < -0.39 is 5.41 Å². The second kappa shape index (κ2) is 10.5. The van der Waals surface area contributed by atoms with Crippen molar-refractivity contribution in [2.45, 2.75) is 5.41 Å². The van der Waals surface area contributed by atoms with Crippen LogP contribution in [0.25, 0.3) is 55.0 Å². The Hall–Kier alpha value is -7.04. The highest BCUT2D eigenvalue weighted by Crippen LogP contribution is 2.62. The monoisotopic (exact) mass is 679 g/mol. The fourth-order valence-corrected chi connectivity index (χ4v) is 9.21. The van der Waals surface area contributed by atoms with E-state index in [1.165, 1.54) is 22.3 Å². The first kappa shape index (κ1) is 28.6. The molecule has 1 aliphatic heterocycles. The minimum atomic E-state index is -0.532. The fourth-order valence-electron chi connectivity index (χ4n) is 9.21. The third kappa shape index (κ3) is 3.79. The second-order valence-electron chi connectivity index (χ2n) is 14.0. The molecule has 0 amide bonds. The first-order chi connectivity index (χ1) is 26.3. The molecule has 1 aliphatic carbocycles. The van der Waals surface area contributed by atoms with E-state index >= 15 is 0 Å². The number of hydrogen-bond donors (Lipinski definition) is 0. The lowest BCUT2D eigenvalue weighted by Gasteiger charge is -2.40. The molecule has 248 valence electrons. The van der Waals surface area contributed by atoms with E-state index in [0.29, 0.717) is 0 Å². The Balaban J connectivity index is 1.15. The highest BCUT2D eigenvalue weighted by atomic mass is 16.5. The van der Waals surface area contributed by atoms with Crippen molar-refractivity contribution in [2.75, 3.05) is 4.90 Å². The summed E-state index contributed by atoms with van der Waals surface area (Å²) in [5.41, 5.74) is 13.2. The highest BCUT2D eigenvalue weighted by Gasteiger charge is 2.51.